The lowest BCUT2D eigenvalue weighted by molar-refractivity contribution is 0.517. The van der Waals surface area contributed by atoms with Crippen LogP contribution in [0.25, 0.3) is 0 Å². The van der Waals surface area contributed by atoms with Crippen LogP contribution in [-0.2, 0) is 6.54 Å². The topological polar surface area (TPSA) is 55.6 Å². The van der Waals surface area contributed by atoms with Crippen molar-refractivity contribution in [3.63, 3.8) is 0 Å². The predicted octanol–water partition coefficient (Wildman–Crippen LogP) is 2.40. The van der Waals surface area contributed by atoms with Gasteiger partial charge in [-0.05, 0) is 38.9 Å². The molecule has 5 nitrogen and oxygen atoms in total. The minimum absolute atomic E-state index is 0.114. The number of rotatable bonds is 6. The zero-order valence-corrected chi connectivity index (χ0v) is 12.7. The highest BCUT2D eigenvalue weighted by molar-refractivity contribution is 5.31. The van der Waals surface area contributed by atoms with E-state index in [1.807, 2.05) is 20.0 Å². The van der Waals surface area contributed by atoms with Crippen molar-refractivity contribution in [3.05, 3.63) is 41.0 Å². The SMILES string of the molecule is CCCn1nccc1C(NCC)c1cc(C)nnc1C. The van der Waals surface area contributed by atoms with Crippen LogP contribution in [0.5, 0.6) is 0 Å². The molecule has 1 unspecified atom stereocenters. The van der Waals surface area contributed by atoms with Gasteiger partial charge in [-0.2, -0.15) is 15.3 Å². The maximum Gasteiger partial charge on any atom is 0.0767 e. The van der Waals surface area contributed by atoms with Gasteiger partial charge < -0.3 is 5.32 Å². The van der Waals surface area contributed by atoms with Crippen molar-refractivity contribution in [1.29, 1.82) is 0 Å². The van der Waals surface area contributed by atoms with Gasteiger partial charge in [0.2, 0.25) is 0 Å². The fraction of sp³-hybridized carbons (Fsp3) is 0.533. The van der Waals surface area contributed by atoms with Crippen LogP contribution in [0.2, 0.25) is 0 Å². The molecule has 0 saturated carbocycles. The third kappa shape index (κ3) is 3.04. The highest BCUT2D eigenvalue weighted by Gasteiger charge is 2.20. The first-order valence-corrected chi connectivity index (χ1v) is 7.23. The Kier molecular flexibility index (Phi) is 4.84. The second-order valence-corrected chi connectivity index (χ2v) is 5.00. The van der Waals surface area contributed by atoms with Gasteiger partial charge in [0.15, 0.2) is 0 Å². The van der Waals surface area contributed by atoms with Gasteiger partial charge >= 0.3 is 0 Å². The Bertz CT molecular complexity index is 561. The Morgan fingerprint density at radius 2 is 2.05 bits per heavy atom. The van der Waals surface area contributed by atoms with Crippen molar-refractivity contribution in [3.8, 4) is 0 Å². The van der Waals surface area contributed by atoms with Crippen LogP contribution < -0.4 is 5.32 Å². The molecule has 2 rings (SSSR count). The molecule has 0 amide bonds. The standard InChI is InChI=1S/C15H23N5/c1-5-9-20-14(7-8-17-20)15(16-6-2)13-10-11(3)18-19-12(13)4/h7-8,10,15-16H,5-6,9H2,1-4H3. The molecule has 0 aliphatic rings. The van der Waals surface area contributed by atoms with Crippen LogP contribution in [0.3, 0.4) is 0 Å². The molecule has 0 bridgehead atoms. The number of aromatic nitrogens is 4. The van der Waals surface area contributed by atoms with E-state index in [2.05, 4.69) is 51.3 Å². The Hall–Kier alpha value is -1.75. The van der Waals surface area contributed by atoms with E-state index < -0.39 is 0 Å². The highest BCUT2D eigenvalue weighted by Crippen LogP contribution is 2.24. The van der Waals surface area contributed by atoms with Crippen LogP contribution in [-0.4, -0.2) is 26.5 Å². The first kappa shape index (κ1) is 14.7. The fourth-order valence-electron chi connectivity index (χ4n) is 2.43. The summed E-state index contributed by atoms with van der Waals surface area (Å²) in [6.07, 6.45) is 2.94. The second kappa shape index (κ2) is 6.61. The van der Waals surface area contributed by atoms with Gasteiger partial charge in [0.05, 0.1) is 23.1 Å². The van der Waals surface area contributed by atoms with Crippen molar-refractivity contribution in [2.45, 2.75) is 46.7 Å². The summed E-state index contributed by atoms with van der Waals surface area (Å²) < 4.78 is 2.07. The van der Waals surface area contributed by atoms with Gasteiger partial charge in [-0.1, -0.05) is 13.8 Å². The van der Waals surface area contributed by atoms with E-state index in [0.717, 1.165) is 30.9 Å². The van der Waals surface area contributed by atoms with E-state index in [-0.39, 0.29) is 6.04 Å². The number of nitrogens with zero attached hydrogens (tertiary/aromatic N) is 4. The van der Waals surface area contributed by atoms with Crippen molar-refractivity contribution in [2.24, 2.45) is 0 Å². The van der Waals surface area contributed by atoms with Crippen molar-refractivity contribution >= 4 is 0 Å². The second-order valence-electron chi connectivity index (χ2n) is 5.00. The summed E-state index contributed by atoms with van der Waals surface area (Å²) in [6, 6.07) is 4.31. The summed E-state index contributed by atoms with van der Waals surface area (Å²) in [4.78, 5) is 0. The van der Waals surface area contributed by atoms with Gasteiger partial charge in [-0.25, -0.2) is 0 Å². The molecule has 20 heavy (non-hydrogen) atoms. The average Bonchev–Trinajstić information content (AvgIpc) is 2.88. The Morgan fingerprint density at radius 1 is 1.25 bits per heavy atom. The van der Waals surface area contributed by atoms with Crippen LogP contribution in [0, 0.1) is 13.8 Å². The van der Waals surface area contributed by atoms with E-state index in [1.165, 1.54) is 11.3 Å². The first-order chi connectivity index (χ1) is 9.67. The summed E-state index contributed by atoms with van der Waals surface area (Å²) in [5, 5.41) is 16.3. The average molecular weight is 273 g/mol. The molecule has 0 saturated heterocycles. The maximum atomic E-state index is 4.43. The maximum absolute atomic E-state index is 4.43. The molecule has 0 radical (unpaired) electrons. The minimum Gasteiger partial charge on any atom is -0.305 e. The monoisotopic (exact) mass is 273 g/mol. The minimum atomic E-state index is 0.114. The Morgan fingerprint density at radius 3 is 2.75 bits per heavy atom. The lowest BCUT2D eigenvalue weighted by Crippen LogP contribution is -2.26. The molecule has 0 aliphatic heterocycles. The molecule has 2 heterocycles. The molecule has 108 valence electrons. The summed E-state index contributed by atoms with van der Waals surface area (Å²) in [5.41, 5.74) is 4.27. The Labute approximate surface area is 120 Å². The highest BCUT2D eigenvalue weighted by atomic mass is 15.3. The molecule has 2 aromatic rings. The fourth-order valence-corrected chi connectivity index (χ4v) is 2.43. The molecular weight excluding hydrogens is 250 g/mol. The Balaban J connectivity index is 2.44. The summed E-state index contributed by atoms with van der Waals surface area (Å²) in [6.45, 7) is 10.1. The lowest BCUT2D eigenvalue weighted by atomic mass is 10.0. The van der Waals surface area contributed by atoms with E-state index >= 15 is 0 Å². The van der Waals surface area contributed by atoms with Crippen molar-refractivity contribution in [2.75, 3.05) is 6.54 Å². The summed E-state index contributed by atoms with van der Waals surface area (Å²) >= 11 is 0. The van der Waals surface area contributed by atoms with Crippen LogP contribution in [0.1, 0.15) is 49.0 Å². The van der Waals surface area contributed by atoms with Crippen molar-refractivity contribution in [1.82, 2.24) is 25.3 Å². The van der Waals surface area contributed by atoms with Gasteiger partial charge in [0.25, 0.3) is 0 Å². The summed E-state index contributed by atoms with van der Waals surface area (Å²) in [5.74, 6) is 0. The molecule has 1 atom stereocenters. The zero-order valence-electron chi connectivity index (χ0n) is 12.7. The summed E-state index contributed by atoms with van der Waals surface area (Å²) in [7, 11) is 0. The van der Waals surface area contributed by atoms with E-state index in [4.69, 9.17) is 0 Å². The van der Waals surface area contributed by atoms with Crippen LogP contribution in [0.15, 0.2) is 18.3 Å². The molecule has 1 N–H and O–H groups in total. The molecule has 0 fully saturated rings. The van der Waals surface area contributed by atoms with Crippen molar-refractivity contribution < 1.29 is 0 Å². The van der Waals surface area contributed by atoms with Crippen LogP contribution in [0.4, 0.5) is 0 Å². The predicted molar refractivity (Wildman–Crippen MR) is 79.5 cm³/mol. The number of nitrogens with one attached hydrogen (secondary N) is 1. The van der Waals surface area contributed by atoms with E-state index in [9.17, 15) is 0 Å². The molecule has 0 aliphatic carbocycles. The third-order valence-electron chi connectivity index (χ3n) is 3.34. The van der Waals surface area contributed by atoms with Gasteiger partial charge in [0.1, 0.15) is 0 Å². The molecule has 0 spiro atoms. The third-order valence-corrected chi connectivity index (χ3v) is 3.34. The van der Waals surface area contributed by atoms with Crippen LogP contribution >= 0.6 is 0 Å². The molecular formula is C15H23N5. The molecule has 0 aromatic carbocycles. The zero-order chi connectivity index (χ0) is 14.5. The van der Waals surface area contributed by atoms with Gasteiger partial charge in [-0.15, -0.1) is 0 Å². The lowest BCUT2D eigenvalue weighted by Gasteiger charge is -2.21. The van der Waals surface area contributed by atoms with E-state index in [0.29, 0.717) is 0 Å². The number of aryl methyl sites for hydroxylation is 3. The number of hydrogen-bond donors (Lipinski definition) is 1. The number of hydrogen-bond acceptors (Lipinski definition) is 4. The van der Waals surface area contributed by atoms with Gasteiger partial charge in [-0.3, -0.25) is 4.68 Å². The molecule has 5 heteroatoms. The quantitative estimate of drug-likeness (QED) is 0.878. The largest absolute Gasteiger partial charge is 0.305 e. The molecule has 2 aromatic heterocycles. The smallest absolute Gasteiger partial charge is 0.0767 e. The normalized spacial score (nSPS) is 12.6. The van der Waals surface area contributed by atoms with Gasteiger partial charge in [0, 0.05) is 18.3 Å². The van der Waals surface area contributed by atoms with E-state index in [1.54, 1.807) is 0 Å². The first-order valence-electron chi connectivity index (χ1n) is 7.23.